The molecular weight excluding hydrogens is 191 g/mol. The lowest BCUT2D eigenvalue weighted by atomic mass is 10.1. The topological polar surface area (TPSA) is 9.23 Å². The van der Waals surface area contributed by atoms with Crippen LogP contribution in [0.2, 0.25) is 5.02 Å². The fraction of sp³-hybridized carbons (Fsp3) is 0.400. The Morgan fingerprint density at radius 2 is 2.15 bits per heavy atom. The molecule has 2 rings (SSSR count). The number of ether oxygens (including phenoxy) is 1. The maximum Gasteiger partial charge on any atom is 0.147 e. The summed E-state index contributed by atoms with van der Waals surface area (Å²) in [6.45, 7) is 0. The van der Waals surface area contributed by atoms with Gasteiger partial charge in [-0.2, -0.15) is 0 Å². The molecule has 0 heterocycles. The Kier molecular flexibility index (Phi) is 2.05. The Morgan fingerprint density at radius 3 is 2.69 bits per heavy atom. The van der Waals surface area contributed by atoms with Gasteiger partial charge in [-0.3, -0.25) is 0 Å². The van der Waals surface area contributed by atoms with E-state index in [4.69, 9.17) is 16.3 Å². The van der Waals surface area contributed by atoms with Gasteiger partial charge in [0, 0.05) is 12.7 Å². The highest BCUT2D eigenvalue weighted by Crippen LogP contribution is 2.50. The van der Waals surface area contributed by atoms with Gasteiger partial charge in [0.05, 0.1) is 10.6 Å². The number of rotatable bonds is 2. The maximum absolute atomic E-state index is 13.5. The minimum atomic E-state index is -0.394. The first-order valence-corrected chi connectivity index (χ1v) is 4.57. The maximum atomic E-state index is 13.5. The Morgan fingerprint density at radius 1 is 1.46 bits per heavy atom. The van der Waals surface area contributed by atoms with Gasteiger partial charge in [0.2, 0.25) is 0 Å². The van der Waals surface area contributed by atoms with E-state index < -0.39 is 5.60 Å². The first kappa shape index (κ1) is 8.97. The second-order valence-corrected chi connectivity index (χ2v) is 3.71. The number of benzene rings is 1. The molecule has 1 nitrogen and oxygen atoms in total. The van der Waals surface area contributed by atoms with Crippen LogP contribution in [0.1, 0.15) is 18.4 Å². The summed E-state index contributed by atoms with van der Waals surface area (Å²) in [6.07, 6.45) is 1.75. The molecule has 13 heavy (non-hydrogen) atoms. The lowest BCUT2D eigenvalue weighted by Crippen LogP contribution is -2.11. The lowest BCUT2D eigenvalue weighted by Gasteiger charge is -2.14. The molecule has 0 amide bonds. The molecule has 3 heteroatoms. The second-order valence-electron chi connectivity index (χ2n) is 3.30. The number of halogens is 2. The molecule has 1 fully saturated rings. The van der Waals surface area contributed by atoms with E-state index in [0.29, 0.717) is 5.56 Å². The van der Waals surface area contributed by atoms with Crippen molar-refractivity contribution in [2.75, 3.05) is 7.11 Å². The van der Waals surface area contributed by atoms with Crippen LogP contribution in [0.5, 0.6) is 0 Å². The van der Waals surface area contributed by atoms with Crippen molar-refractivity contribution in [2.45, 2.75) is 18.4 Å². The van der Waals surface area contributed by atoms with Crippen molar-refractivity contribution in [1.29, 1.82) is 0 Å². The average Bonchev–Trinajstić information content (AvgIpc) is 2.90. The zero-order valence-corrected chi connectivity index (χ0v) is 8.07. The van der Waals surface area contributed by atoms with Crippen LogP contribution < -0.4 is 0 Å². The number of methoxy groups -OCH3 is 1. The van der Waals surface area contributed by atoms with Crippen LogP contribution in [-0.2, 0) is 10.3 Å². The molecule has 0 saturated heterocycles. The Hall–Kier alpha value is -0.600. The molecule has 1 aromatic carbocycles. The molecule has 0 bridgehead atoms. The van der Waals surface area contributed by atoms with E-state index in [-0.39, 0.29) is 10.8 Å². The van der Waals surface area contributed by atoms with Gasteiger partial charge >= 0.3 is 0 Å². The highest BCUT2D eigenvalue weighted by atomic mass is 35.5. The van der Waals surface area contributed by atoms with E-state index in [9.17, 15) is 4.39 Å². The van der Waals surface area contributed by atoms with Crippen LogP contribution in [-0.4, -0.2) is 7.11 Å². The largest absolute Gasteiger partial charge is 0.373 e. The molecule has 0 spiro atoms. The van der Waals surface area contributed by atoms with Gasteiger partial charge < -0.3 is 4.74 Å². The van der Waals surface area contributed by atoms with Gasteiger partial charge in [0.25, 0.3) is 0 Å². The van der Waals surface area contributed by atoms with Gasteiger partial charge in [-0.15, -0.1) is 0 Å². The van der Waals surface area contributed by atoms with Gasteiger partial charge in [-0.25, -0.2) is 4.39 Å². The average molecular weight is 201 g/mol. The van der Waals surface area contributed by atoms with E-state index in [1.54, 1.807) is 25.3 Å². The van der Waals surface area contributed by atoms with Gasteiger partial charge in [0.1, 0.15) is 5.82 Å². The van der Waals surface area contributed by atoms with Crippen LogP contribution in [0.4, 0.5) is 4.39 Å². The van der Waals surface area contributed by atoms with E-state index in [1.165, 1.54) is 0 Å². The van der Waals surface area contributed by atoms with E-state index in [2.05, 4.69) is 0 Å². The normalized spacial score (nSPS) is 18.7. The summed E-state index contributed by atoms with van der Waals surface area (Å²) in [5, 5.41) is 0.167. The zero-order chi connectivity index (χ0) is 9.47. The van der Waals surface area contributed by atoms with Gasteiger partial charge in [-0.05, 0) is 18.9 Å². The summed E-state index contributed by atoms with van der Waals surface area (Å²) < 4.78 is 18.8. The summed E-state index contributed by atoms with van der Waals surface area (Å²) in [5.74, 6) is -0.344. The molecule has 0 aliphatic heterocycles. The molecule has 1 aromatic rings. The van der Waals surface area contributed by atoms with E-state index in [1.807, 2.05) is 0 Å². The monoisotopic (exact) mass is 200 g/mol. The van der Waals surface area contributed by atoms with Crippen LogP contribution in [0.15, 0.2) is 18.2 Å². The van der Waals surface area contributed by atoms with Crippen LogP contribution >= 0.6 is 11.6 Å². The molecule has 0 radical (unpaired) electrons. The van der Waals surface area contributed by atoms with Crippen molar-refractivity contribution in [3.63, 3.8) is 0 Å². The summed E-state index contributed by atoms with van der Waals surface area (Å²) in [4.78, 5) is 0. The third kappa shape index (κ3) is 1.34. The van der Waals surface area contributed by atoms with Crippen molar-refractivity contribution >= 4 is 11.6 Å². The predicted molar refractivity (Wildman–Crippen MR) is 49.3 cm³/mol. The molecule has 0 aromatic heterocycles. The molecular formula is C10H10ClFO. The quantitative estimate of drug-likeness (QED) is 0.713. The molecule has 70 valence electrons. The van der Waals surface area contributed by atoms with E-state index in [0.717, 1.165) is 12.8 Å². The van der Waals surface area contributed by atoms with Crippen molar-refractivity contribution in [3.8, 4) is 0 Å². The fourth-order valence-electron chi connectivity index (χ4n) is 1.55. The van der Waals surface area contributed by atoms with Crippen LogP contribution in [0.25, 0.3) is 0 Å². The Labute approximate surface area is 81.5 Å². The number of hydrogen-bond donors (Lipinski definition) is 0. The van der Waals surface area contributed by atoms with Crippen molar-refractivity contribution in [1.82, 2.24) is 0 Å². The summed E-state index contributed by atoms with van der Waals surface area (Å²) in [6, 6.07) is 5.03. The SMILES string of the molecule is COC1(c2cccc(Cl)c2F)CC1. The Balaban J connectivity index is 2.46. The van der Waals surface area contributed by atoms with Gasteiger partial charge in [0.15, 0.2) is 0 Å². The summed E-state index contributed by atoms with van der Waals surface area (Å²) >= 11 is 5.67. The van der Waals surface area contributed by atoms with Crippen molar-refractivity contribution in [2.24, 2.45) is 0 Å². The lowest BCUT2D eigenvalue weighted by molar-refractivity contribution is 0.0757. The summed E-state index contributed by atoms with van der Waals surface area (Å²) in [5.41, 5.74) is 0.192. The third-order valence-electron chi connectivity index (χ3n) is 2.54. The summed E-state index contributed by atoms with van der Waals surface area (Å²) in [7, 11) is 1.60. The smallest absolute Gasteiger partial charge is 0.147 e. The highest BCUT2D eigenvalue weighted by molar-refractivity contribution is 6.30. The van der Waals surface area contributed by atoms with Gasteiger partial charge in [-0.1, -0.05) is 23.7 Å². The number of hydrogen-bond acceptors (Lipinski definition) is 1. The molecule has 1 aliphatic carbocycles. The predicted octanol–water partition coefficient (Wildman–Crippen LogP) is 3.11. The molecule has 0 unspecified atom stereocenters. The molecule has 0 atom stereocenters. The van der Waals surface area contributed by atoms with Crippen LogP contribution in [0.3, 0.4) is 0 Å². The first-order chi connectivity index (χ1) is 6.19. The Bertz CT molecular complexity index is 334. The molecule has 1 aliphatic rings. The molecule has 1 saturated carbocycles. The first-order valence-electron chi connectivity index (χ1n) is 4.19. The zero-order valence-electron chi connectivity index (χ0n) is 7.31. The van der Waals surface area contributed by atoms with Crippen LogP contribution in [0, 0.1) is 5.82 Å². The fourth-order valence-corrected chi connectivity index (χ4v) is 1.73. The molecule has 0 N–H and O–H groups in total. The minimum Gasteiger partial charge on any atom is -0.373 e. The minimum absolute atomic E-state index is 0.167. The second kappa shape index (κ2) is 2.96. The van der Waals surface area contributed by atoms with Crippen molar-refractivity contribution in [3.05, 3.63) is 34.6 Å². The highest BCUT2D eigenvalue weighted by Gasteiger charge is 2.46. The third-order valence-corrected chi connectivity index (χ3v) is 2.83. The standard InChI is InChI=1S/C10H10ClFO/c1-13-10(5-6-10)7-3-2-4-8(11)9(7)12/h2-4H,5-6H2,1H3. The van der Waals surface area contributed by atoms with Crippen molar-refractivity contribution < 1.29 is 9.13 Å². The van der Waals surface area contributed by atoms with E-state index >= 15 is 0 Å².